The summed E-state index contributed by atoms with van der Waals surface area (Å²) in [5, 5.41) is 2.75. The molecular weight excluding hydrogens is 316 g/mol. The van der Waals surface area contributed by atoms with E-state index in [9.17, 15) is 8.78 Å². The van der Waals surface area contributed by atoms with Crippen molar-refractivity contribution in [2.24, 2.45) is 10.7 Å². The van der Waals surface area contributed by atoms with Gasteiger partial charge in [0.1, 0.15) is 11.6 Å². The maximum atomic E-state index is 13.5. The van der Waals surface area contributed by atoms with Gasteiger partial charge in [-0.2, -0.15) is 0 Å². The van der Waals surface area contributed by atoms with Gasteiger partial charge in [0.2, 0.25) is 0 Å². The van der Waals surface area contributed by atoms with E-state index in [1.807, 2.05) is 6.07 Å². The predicted octanol–water partition coefficient (Wildman–Crippen LogP) is 2.59. The Balaban J connectivity index is 1.97. The number of methoxy groups -OCH3 is 2. The molecule has 5 nitrogen and oxygen atoms in total. The standard InChI is InChI=1S/C17H19F2N3O2/c1-23-15-6-3-11(7-16(15)24-2)9-21-17(20)22-10-12-8-13(18)4-5-14(12)19/h3-8H,9-10H2,1-2H3,(H3,20,21,22). The molecule has 0 heterocycles. The van der Waals surface area contributed by atoms with Crippen molar-refractivity contribution in [3.8, 4) is 11.5 Å². The van der Waals surface area contributed by atoms with Crippen LogP contribution in [0.2, 0.25) is 0 Å². The summed E-state index contributed by atoms with van der Waals surface area (Å²) in [4.78, 5) is 4.16. The Morgan fingerprint density at radius 3 is 2.54 bits per heavy atom. The summed E-state index contributed by atoms with van der Waals surface area (Å²) in [5.74, 6) is 0.343. The van der Waals surface area contributed by atoms with Gasteiger partial charge in [-0.05, 0) is 35.9 Å². The summed E-state index contributed by atoms with van der Waals surface area (Å²) >= 11 is 0. The van der Waals surface area contributed by atoms with Gasteiger partial charge in [0, 0.05) is 12.1 Å². The molecule has 0 amide bonds. The number of halogens is 2. The highest BCUT2D eigenvalue weighted by atomic mass is 19.1. The Morgan fingerprint density at radius 2 is 1.83 bits per heavy atom. The van der Waals surface area contributed by atoms with Gasteiger partial charge in [-0.1, -0.05) is 6.07 Å². The van der Waals surface area contributed by atoms with Gasteiger partial charge < -0.3 is 20.5 Å². The highest BCUT2D eigenvalue weighted by Gasteiger charge is 2.06. The summed E-state index contributed by atoms with van der Waals surface area (Å²) in [6.07, 6.45) is 0. The summed E-state index contributed by atoms with van der Waals surface area (Å²) in [5.41, 5.74) is 6.80. The molecule has 24 heavy (non-hydrogen) atoms. The molecule has 0 bridgehead atoms. The van der Waals surface area contributed by atoms with Crippen molar-refractivity contribution < 1.29 is 18.3 Å². The molecule has 0 radical (unpaired) electrons. The van der Waals surface area contributed by atoms with Gasteiger partial charge in [0.05, 0.1) is 20.8 Å². The van der Waals surface area contributed by atoms with Crippen molar-refractivity contribution in [3.05, 3.63) is 59.2 Å². The maximum absolute atomic E-state index is 13.5. The van der Waals surface area contributed by atoms with Crippen LogP contribution in [0.3, 0.4) is 0 Å². The first-order valence-corrected chi connectivity index (χ1v) is 7.22. The topological polar surface area (TPSA) is 68.9 Å². The average Bonchev–Trinajstić information content (AvgIpc) is 2.60. The third kappa shape index (κ3) is 4.58. The quantitative estimate of drug-likeness (QED) is 0.629. The van der Waals surface area contributed by atoms with Crippen LogP contribution in [0.25, 0.3) is 0 Å². The van der Waals surface area contributed by atoms with Crippen molar-refractivity contribution in [3.63, 3.8) is 0 Å². The molecule has 0 atom stereocenters. The Bertz CT molecular complexity index is 736. The minimum absolute atomic E-state index is 0.0465. The molecule has 0 saturated heterocycles. The maximum Gasteiger partial charge on any atom is 0.189 e. The zero-order valence-corrected chi connectivity index (χ0v) is 13.5. The number of rotatable bonds is 6. The summed E-state index contributed by atoms with van der Waals surface area (Å²) in [6, 6.07) is 8.66. The first-order valence-electron chi connectivity index (χ1n) is 7.22. The fourth-order valence-corrected chi connectivity index (χ4v) is 2.08. The number of nitrogens with zero attached hydrogens (tertiary/aromatic N) is 1. The highest BCUT2D eigenvalue weighted by molar-refractivity contribution is 5.77. The van der Waals surface area contributed by atoms with Crippen LogP contribution in [0.5, 0.6) is 11.5 Å². The van der Waals surface area contributed by atoms with Crippen molar-refractivity contribution in [2.45, 2.75) is 13.1 Å². The van der Waals surface area contributed by atoms with Crippen molar-refractivity contribution in [1.82, 2.24) is 5.32 Å². The second kappa shape index (κ2) is 8.14. The number of hydrogen-bond acceptors (Lipinski definition) is 3. The molecule has 0 saturated carbocycles. The van der Waals surface area contributed by atoms with Gasteiger partial charge in [0.25, 0.3) is 0 Å². The predicted molar refractivity (Wildman–Crippen MR) is 88.1 cm³/mol. The average molecular weight is 335 g/mol. The number of benzene rings is 2. The van der Waals surface area contributed by atoms with E-state index in [2.05, 4.69) is 10.3 Å². The van der Waals surface area contributed by atoms with E-state index in [-0.39, 0.29) is 18.1 Å². The number of nitrogens with two attached hydrogens (primary N) is 1. The minimum Gasteiger partial charge on any atom is -0.493 e. The molecule has 128 valence electrons. The third-order valence-corrected chi connectivity index (χ3v) is 3.35. The lowest BCUT2D eigenvalue weighted by Gasteiger charge is -2.09. The molecule has 0 unspecified atom stereocenters. The number of guanidine groups is 1. The normalized spacial score (nSPS) is 11.2. The van der Waals surface area contributed by atoms with E-state index in [1.165, 1.54) is 0 Å². The molecule has 2 aromatic rings. The monoisotopic (exact) mass is 335 g/mol. The van der Waals surface area contributed by atoms with E-state index in [0.717, 1.165) is 23.8 Å². The Labute approximate surface area is 139 Å². The van der Waals surface area contributed by atoms with Crippen LogP contribution >= 0.6 is 0 Å². The molecular formula is C17H19F2N3O2. The Morgan fingerprint density at radius 1 is 1.08 bits per heavy atom. The summed E-state index contributed by atoms with van der Waals surface area (Å²) in [6.45, 7) is 0.357. The van der Waals surface area contributed by atoms with E-state index in [4.69, 9.17) is 15.2 Å². The van der Waals surface area contributed by atoms with Crippen LogP contribution in [0.15, 0.2) is 41.4 Å². The number of nitrogens with one attached hydrogen (secondary N) is 1. The smallest absolute Gasteiger partial charge is 0.189 e. The van der Waals surface area contributed by atoms with Crippen LogP contribution in [0.1, 0.15) is 11.1 Å². The van der Waals surface area contributed by atoms with Gasteiger partial charge >= 0.3 is 0 Å². The van der Waals surface area contributed by atoms with Crippen LogP contribution in [0, 0.1) is 11.6 Å². The molecule has 0 aromatic heterocycles. The second-order valence-electron chi connectivity index (χ2n) is 4.98. The van der Waals surface area contributed by atoms with Crippen LogP contribution in [-0.2, 0) is 13.1 Å². The largest absolute Gasteiger partial charge is 0.493 e. The van der Waals surface area contributed by atoms with Gasteiger partial charge in [0.15, 0.2) is 17.5 Å². The SMILES string of the molecule is COc1ccc(CN=C(N)NCc2cc(F)ccc2F)cc1OC. The van der Waals surface area contributed by atoms with Crippen LogP contribution in [0.4, 0.5) is 8.78 Å². The Hall–Kier alpha value is -2.83. The zero-order valence-electron chi connectivity index (χ0n) is 13.5. The van der Waals surface area contributed by atoms with E-state index < -0.39 is 11.6 Å². The summed E-state index contributed by atoms with van der Waals surface area (Å²) in [7, 11) is 3.11. The van der Waals surface area contributed by atoms with Gasteiger partial charge in [-0.3, -0.25) is 0 Å². The van der Waals surface area contributed by atoms with Crippen LogP contribution < -0.4 is 20.5 Å². The molecule has 0 fully saturated rings. The highest BCUT2D eigenvalue weighted by Crippen LogP contribution is 2.27. The fraction of sp³-hybridized carbons (Fsp3) is 0.235. The molecule has 0 spiro atoms. The lowest BCUT2D eigenvalue weighted by Crippen LogP contribution is -2.31. The lowest BCUT2D eigenvalue weighted by atomic mass is 10.2. The van der Waals surface area contributed by atoms with Gasteiger partial charge in [-0.25, -0.2) is 13.8 Å². The fourth-order valence-electron chi connectivity index (χ4n) is 2.08. The number of hydrogen-bond donors (Lipinski definition) is 2. The minimum atomic E-state index is -0.506. The third-order valence-electron chi connectivity index (χ3n) is 3.35. The molecule has 0 aliphatic carbocycles. The van der Waals surface area contributed by atoms with E-state index >= 15 is 0 Å². The molecule has 2 rings (SSSR count). The van der Waals surface area contributed by atoms with E-state index in [0.29, 0.717) is 18.0 Å². The summed E-state index contributed by atoms with van der Waals surface area (Å²) < 4.78 is 37.0. The second-order valence-corrected chi connectivity index (χ2v) is 4.98. The first kappa shape index (κ1) is 17.5. The zero-order chi connectivity index (χ0) is 17.5. The molecule has 7 heteroatoms. The van der Waals surface area contributed by atoms with Crippen molar-refractivity contribution >= 4 is 5.96 Å². The van der Waals surface area contributed by atoms with E-state index in [1.54, 1.807) is 26.4 Å². The van der Waals surface area contributed by atoms with Crippen molar-refractivity contribution in [2.75, 3.05) is 14.2 Å². The van der Waals surface area contributed by atoms with Crippen molar-refractivity contribution in [1.29, 1.82) is 0 Å². The molecule has 0 aliphatic rings. The first-order chi connectivity index (χ1) is 11.5. The molecule has 2 aromatic carbocycles. The number of aliphatic imine (C=N–C) groups is 1. The molecule has 0 aliphatic heterocycles. The number of ether oxygens (including phenoxy) is 2. The molecule has 3 N–H and O–H groups in total. The van der Waals surface area contributed by atoms with Crippen LogP contribution in [-0.4, -0.2) is 20.2 Å². The van der Waals surface area contributed by atoms with Gasteiger partial charge in [-0.15, -0.1) is 0 Å². The Kier molecular flexibility index (Phi) is 5.95. The lowest BCUT2D eigenvalue weighted by molar-refractivity contribution is 0.354.